The van der Waals surface area contributed by atoms with Crippen molar-refractivity contribution in [1.29, 1.82) is 5.26 Å². The summed E-state index contributed by atoms with van der Waals surface area (Å²) in [4.78, 5) is 10.4. The van der Waals surface area contributed by atoms with E-state index in [-0.39, 0.29) is 0 Å². The van der Waals surface area contributed by atoms with Crippen molar-refractivity contribution in [2.75, 3.05) is 0 Å². The lowest BCUT2D eigenvalue weighted by atomic mass is 10.0. The van der Waals surface area contributed by atoms with Gasteiger partial charge in [0.25, 0.3) is 0 Å². The Labute approximate surface area is 169 Å². The van der Waals surface area contributed by atoms with Crippen LogP contribution in [0, 0.1) is 18.3 Å². The van der Waals surface area contributed by atoms with E-state index in [1.165, 1.54) is 20.9 Å². The number of nitrogens with one attached hydrogen (secondary N) is 1. The number of pyridine rings is 1. The van der Waals surface area contributed by atoms with Crippen LogP contribution >= 0.6 is 11.8 Å². The van der Waals surface area contributed by atoms with E-state index in [2.05, 4.69) is 77.6 Å². The second kappa shape index (κ2) is 8.33. The molecule has 2 aromatic heterocycles. The molecule has 0 amide bonds. The van der Waals surface area contributed by atoms with E-state index in [4.69, 9.17) is 5.26 Å². The summed E-state index contributed by atoms with van der Waals surface area (Å²) in [7, 11) is 0. The van der Waals surface area contributed by atoms with Gasteiger partial charge in [-0.15, -0.1) is 0 Å². The normalized spacial score (nSPS) is 10.9. The molecule has 2 aromatic carbocycles. The topological polar surface area (TPSA) is 52.5 Å². The Bertz CT molecular complexity index is 1120. The highest BCUT2D eigenvalue weighted by Gasteiger charge is 2.15. The van der Waals surface area contributed by atoms with Gasteiger partial charge < -0.3 is 4.98 Å². The number of aromatic nitrogens is 2. The zero-order valence-corrected chi connectivity index (χ0v) is 16.6. The second-order valence-corrected chi connectivity index (χ2v) is 7.94. The smallest absolute Gasteiger partial charge is 0.138 e. The number of nitriles is 1. The molecule has 0 aliphatic heterocycles. The van der Waals surface area contributed by atoms with Gasteiger partial charge in [0.1, 0.15) is 5.65 Å². The third-order valence-electron chi connectivity index (χ3n) is 4.76. The predicted octanol–water partition coefficient (Wildman–Crippen LogP) is 6.54. The molecule has 0 saturated heterocycles. The van der Waals surface area contributed by atoms with Gasteiger partial charge in [0.15, 0.2) is 0 Å². The van der Waals surface area contributed by atoms with Crippen LogP contribution in [0.1, 0.15) is 24.0 Å². The number of hydrogen-bond donors (Lipinski definition) is 1. The molecule has 0 aliphatic carbocycles. The predicted molar refractivity (Wildman–Crippen MR) is 115 cm³/mol. The van der Waals surface area contributed by atoms with Crippen LogP contribution in [0.2, 0.25) is 0 Å². The first kappa shape index (κ1) is 18.3. The first-order valence-corrected chi connectivity index (χ1v) is 10.2. The fourth-order valence-corrected chi connectivity index (χ4v) is 4.29. The Morgan fingerprint density at radius 1 is 1.04 bits per heavy atom. The summed E-state index contributed by atoms with van der Waals surface area (Å²) in [5.41, 5.74) is 5.68. The van der Waals surface area contributed by atoms with Gasteiger partial charge >= 0.3 is 0 Å². The lowest BCUT2D eigenvalue weighted by Crippen LogP contribution is -1.86. The summed E-state index contributed by atoms with van der Waals surface area (Å²) in [5.74, 6) is 0. The Morgan fingerprint density at radius 3 is 2.57 bits per heavy atom. The Kier molecular flexibility index (Phi) is 5.45. The molecule has 2 heterocycles. The summed E-state index contributed by atoms with van der Waals surface area (Å²) in [6, 6.07) is 23.6. The van der Waals surface area contributed by atoms with E-state index in [0.29, 0.717) is 6.42 Å². The second-order valence-electron chi connectivity index (χ2n) is 6.85. The lowest BCUT2D eigenvalue weighted by Gasteiger charge is -2.07. The van der Waals surface area contributed by atoms with E-state index in [0.717, 1.165) is 35.1 Å². The molecule has 28 heavy (non-hydrogen) atoms. The number of hydrogen-bond acceptors (Lipinski definition) is 3. The molecule has 0 radical (unpaired) electrons. The molecule has 0 bridgehead atoms. The fourth-order valence-electron chi connectivity index (χ4n) is 3.24. The Hall–Kier alpha value is -3.03. The standard InChI is InChI=1S/C24H21N3S/c1-17-7-13-20(14-8-17)28-23-21-6-4-16-26-24(21)27-22(23)19-11-9-18(10-12-19)5-2-3-15-25/h4,6-14,16H,2-3,5H2,1H3,(H,26,27). The lowest BCUT2D eigenvalue weighted by molar-refractivity contribution is 0.850. The monoisotopic (exact) mass is 383 g/mol. The molecule has 0 fully saturated rings. The van der Waals surface area contributed by atoms with E-state index < -0.39 is 0 Å². The van der Waals surface area contributed by atoms with Crippen molar-refractivity contribution in [2.24, 2.45) is 0 Å². The van der Waals surface area contributed by atoms with Crippen molar-refractivity contribution in [2.45, 2.75) is 36.0 Å². The summed E-state index contributed by atoms with van der Waals surface area (Å²) in [6.45, 7) is 2.10. The Balaban J connectivity index is 1.70. The number of unbranched alkanes of at least 4 members (excludes halogenated alkanes) is 1. The van der Waals surface area contributed by atoms with Gasteiger partial charge in [-0.1, -0.05) is 53.7 Å². The quantitative estimate of drug-likeness (QED) is 0.385. The van der Waals surface area contributed by atoms with Gasteiger partial charge in [0.2, 0.25) is 0 Å². The molecule has 0 spiro atoms. The van der Waals surface area contributed by atoms with Crippen molar-refractivity contribution >= 4 is 22.8 Å². The largest absolute Gasteiger partial charge is 0.338 e. The third kappa shape index (κ3) is 3.95. The zero-order chi connectivity index (χ0) is 19.3. The van der Waals surface area contributed by atoms with Gasteiger partial charge in [0.05, 0.1) is 11.8 Å². The molecule has 0 unspecified atom stereocenters. The molecule has 3 nitrogen and oxygen atoms in total. The fraction of sp³-hybridized carbons (Fsp3) is 0.167. The van der Waals surface area contributed by atoms with Crippen LogP contribution in [0.25, 0.3) is 22.3 Å². The SMILES string of the molecule is Cc1ccc(Sc2c(-c3ccc(CCCC#N)cc3)[nH]c3ncccc23)cc1. The van der Waals surface area contributed by atoms with E-state index in [1.807, 2.05) is 12.3 Å². The van der Waals surface area contributed by atoms with Gasteiger partial charge in [-0.2, -0.15) is 5.26 Å². The minimum Gasteiger partial charge on any atom is -0.338 e. The van der Waals surface area contributed by atoms with E-state index >= 15 is 0 Å². The average molecular weight is 384 g/mol. The minimum atomic E-state index is 0.604. The van der Waals surface area contributed by atoms with Crippen LogP contribution in [0.3, 0.4) is 0 Å². The van der Waals surface area contributed by atoms with Gasteiger partial charge in [-0.05, 0) is 55.2 Å². The van der Waals surface area contributed by atoms with Crippen molar-refractivity contribution in [3.8, 4) is 17.3 Å². The molecule has 4 aromatic rings. The number of rotatable bonds is 6. The number of benzene rings is 2. The maximum atomic E-state index is 8.71. The maximum Gasteiger partial charge on any atom is 0.138 e. The van der Waals surface area contributed by atoms with Crippen molar-refractivity contribution in [3.05, 3.63) is 78.0 Å². The van der Waals surface area contributed by atoms with Gasteiger partial charge in [-0.3, -0.25) is 0 Å². The summed E-state index contributed by atoms with van der Waals surface area (Å²) >= 11 is 1.77. The number of aryl methyl sites for hydroxylation is 2. The first-order chi connectivity index (χ1) is 13.7. The first-order valence-electron chi connectivity index (χ1n) is 9.42. The highest BCUT2D eigenvalue weighted by atomic mass is 32.2. The van der Waals surface area contributed by atoms with Crippen LogP contribution < -0.4 is 0 Å². The molecule has 138 valence electrons. The summed E-state index contributed by atoms with van der Waals surface area (Å²) in [6.07, 6.45) is 4.27. The van der Waals surface area contributed by atoms with E-state index in [9.17, 15) is 0 Å². The van der Waals surface area contributed by atoms with Crippen molar-refractivity contribution in [3.63, 3.8) is 0 Å². The van der Waals surface area contributed by atoms with Crippen LogP contribution in [0.5, 0.6) is 0 Å². The molecule has 1 N–H and O–H groups in total. The van der Waals surface area contributed by atoms with Crippen molar-refractivity contribution < 1.29 is 0 Å². The average Bonchev–Trinajstić information content (AvgIpc) is 3.09. The number of nitrogens with zero attached hydrogens (tertiary/aromatic N) is 2. The molecule has 4 heteroatoms. The molecule has 0 aliphatic rings. The molecule has 4 rings (SSSR count). The minimum absolute atomic E-state index is 0.604. The van der Waals surface area contributed by atoms with E-state index in [1.54, 1.807) is 11.8 Å². The number of aromatic amines is 1. The highest BCUT2D eigenvalue weighted by molar-refractivity contribution is 7.99. The zero-order valence-electron chi connectivity index (χ0n) is 15.8. The number of H-pyrrole nitrogens is 1. The highest BCUT2D eigenvalue weighted by Crippen LogP contribution is 2.40. The molecular weight excluding hydrogens is 362 g/mol. The molecule has 0 saturated carbocycles. The maximum absolute atomic E-state index is 8.71. The van der Waals surface area contributed by atoms with Crippen LogP contribution in [-0.2, 0) is 6.42 Å². The third-order valence-corrected chi connectivity index (χ3v) is 5.90. The van der Waals surface area contributed by atoms with Crippen LogP contribution in [0.4, 0.5) is 0 Å². The summed E-state index contributed by atoms with van der Waals surface area (Å²) in [5, 5.41) is 9.85. The van der Waals surface area contributed by atoms with Crippen molar-refractivity contribution in [1.82, 2.24) is 9.97 Å². The summed E-state index contributed by atoms with van der Waals surface area (Å²) < 4.78 is 0. The van der Waals surface area contributed by atoms with Crippen LogP contribution in [0.15, 0.2) is 76.7 Å². The van der Waals surface area contributed by atoms with Gasteiger partial charge in [0, 0.05) is 27.8 Å². The molecular formula is C24H21N3S. The number of fused-ring (bicyclic) bond motifs is 1. The van der Waals surface area contributed by atoms with Gasteiger partial charge in [-0.25, -0.2) is 4.98 Å². The Morgan fingerprint density at radius 2 is 1.82 bits per heavy atom. The molecule has 0 atom stereocenters. The van der Waals surface area contributed by atoms with Crippen LogP contribution in [-0.4, -0.2) is 9.97 Å².